The molecule has 0 saturated heterocycles. The first kappa shape index (κ1) is 20.0. The number of ketones is 1. The van der Waals surface area contributed by atoms with Crippen LogP contribution >= 0.6 is 7.82 Å². The van der Waals surface area contributed by atoms with Crippen molar-refractivity contribution in [2.45, 2.75) is 25.4 Å². The number of carboxylic acid groups (broad SMARTS) is 1. The van der Waals surface area contributed by atoms with E-state index in [1.807, 2.05) is 0 Å². The van der Waals surface area contributed by atoms with Crippen LogP contribution in [-0.4, -0.2) is 55.4 Å². The van der Waals surface area contributed by atoms with Crippen molar-refractivity contribution < 1.29 is 48.5 Å². The number of ether oxygens (including phenoxy) is 1. The number of aromatic carboxylic acids is 1. The molecule has 0 aliphatic carbocycles. The smallest absolute Gasteiger partial charge is 0.472 e. The number of anilines is 1. The predicted molar refractivity (Wildman–Crippen MR) is 78.1 cm³/mol. The molecule has 3 atom stereocenters. The summed E-state index contributed by atoms with van der Waals surface area (Å²) < 4.78 is 20.2. The lowest BCUT2D eigenvalue weighted by atomic mass is 10.1. The van der Waals surface area contributed by atoms with Crippen LogP contribution in [0.1, 0.15) is 17.3 Å². The van der Waals surface area contributed by atoms with Gasteiger partial charge in [0.2, 0.25) is 6.29 Å². The van der Waals surface area contributed by atoms with Crippen molar-refractivity contribution in [3.8, 4) is 5.75 Å². The summed E-state index contributed by atoms with van der Waals surface area (Å²) in [5, 5.41) is 28.2. The Morgan fingerprint density at radius 1 is 1.25 bits per heavy atom. The molecule has 0 spiro atoms. The fourth-order valence-electron chi connectivity index (χ4n) is 1.57. The maximum Gasteiger partial charge on any atom is 0.472 e. The number of nitrogens with two attached hydrogens (primary N) is 1. The van der Waals surface area contributed by atoms with E-state index < -0.39 is 38.1 Å². The largest absolute Gasteiger partial charge is 0.478 e. The minimum atomic E-state index is -5.19. The lowest BCUT2D eigenvalue weighted by Gasteiger charge is -2.26. The first-order valence-electron chi connectivity index (χ1n) is 6.32. The monoisotopic (exact) mass is 365 g/mol. The molecule has 0 bridgehead atoms. The second kappa shape index (κ2) is 7.71. The zero-order chi connectivity index (χ0) is 18.7. The Morgan fingerprint density at radius 2 is 1.83 bits per heavy atom. The van der Waals surface area contributed by atoms with Gasteiger partial charge in [-0.25, -0.2) is 13.9 Å². The van der Waals surface area contributed by atoms with E-state index in [0.717, 1.165) is 25.1 Å². The number of carbonyl (C=O) groups excluding carboxylic acids is 1. The van der Waals surface area contributed by atoms with Gasteiger partial charge >= 0.3 is 13.8 Å². The lowest BCUT2D eigenvalue weighted by molar-refractivity contribution is -0.154. The Kier molecular flexibility index (Phi) is 6.43. The van der Waals surface area contributed by atoms with Crippen molar-refractivity contribution in [2.75, 3.05) is 5.73 Å². The van der Waals surface area contributed by atoms with Crippen molar-refractivity contribution in [3.05, 3.63) is 23.8 Å². The minimum absolute atomic E-state index is 0.135. The van der Waals surface area contributed by atoms with Gasteiger partial charge in [0, 0.05) is 0 Å². The van der Waals surface area contributed by atoms with E-state index in [2.05, 4.69) is 4.52 Å². The number of carbonyl (C=O) groups is 2. The number of phosphoric ester groups is 1. The number of nitrogen functional groups attached to an aromatic ring is 1. The molecule has 0 saturated carbocycles. The summed E-state index contributed by atoms with van der Waals surface area (Å²) in [6.07, 6.45) is -6.44. The van der Waals surface area contributed by atoms with Crippen LogP contribution in [0.25, 0.3) is 0 Å². The molecule has 11 nitrogen and oxygen atoms in total. The Balaban J connectivity index is 3.17. The van der Waals surface area contributed by atoms with Crippen molar-refractivity contribution in [3.63, 3.8) is 0 Å². The molecular weight excluding hydrogens is 349 g/mol. The summed E-state index contributed by atoms with van der Waals surface area (Å²) in [7, 11) is -5.19. The molecule has 0 aliphatic rings. The number of Topliss-reactive ketones (excluding diaryl/α,β-unsaturated/α-hetero) is 1. The van der Waals surface area contributed by atoms with Gasteiger partial charge in [-0.3, -0.25) is 4.79 Å². The van der Waals surface area contributed by atoms with Crippen LogP contribution in [0.3, 0.4) is 0 Å². The number of aliphatic hydroxyl groups is 2. The molecule has 1 aromatic rings. The summed E-state index contributed by atoms with van der Waals surface area (Å²) in [5.74, 6) is -2.64. The van der Waals surface area contributed by atoms with Crippen LogP contribution in [0, 0.1) is 0 Å². The number of hydrogen-bond acceptors (Lipinski definition) is 8. The van der Waals surface area contributed by atoms with Gasteiger partial charge in [0.1, 0.15) is 18.0 Å². The number of phosphoric acid groups is 1. The molecule has 24 heavy (non-hydrogen) atoms. The standard InChI is InChI=1S/C12H16NO10P/c1-5(14)9(15)10(16)12(23-24(19,20)21)22-8-4-6(11(17)18)2-3-7(8)13/h2-4,9-10,12,15-16H,13H2,1H3,(H,17,18)(H2,19,20,21). The highest BCUT2D eigenvalue weighted by atomic mass is 31.2. The summed E-state index contributed by atoms with van der Waals surface area (Å²) in [6, 6.07) is 3.20. The average Bonchev–Trinajstić information content (AvgIpc) is 2.45. The van der Waals surface area contributed by atoms with E-state index in [4.69, 9.17) is 25.4 Å². The Bertz CT molecular complexity index is 672. The van der Waals surface area contributed by atoms with Gasteiger partial charge in [-0.05, 0) is 25.1 Å². The zero-order valence-corrected chi connectivity index (χ0v) is 13.2. The van der Waals surface area contributed by atoms with Crippen LogP contribution in [0.4, 0.5) is 5.69 Å². The fraction of sp³-hybridized carbons (Fsp3) is 0.333. The molecule has 0 radical (unpaired) electrons. The van der Waals surface area contributed by atoms with E-state index in [9.17, 15) is 24.4 Å². The highest BCUT2D eigenvalue weighted by Crippen LogP contribution is 2.39. The third-order valence-electron chi connectivity index (χ3n) is 2.76. The quantitative estimate of drug-likeness (QED) is 0.189. The highest BCUT2D eigenvalue weighted by Gasteiger charge is 2.37. The molecule has 1 aromatic carbocycles. The van der Waals surface area contributed by atoms with E-state index in [-0.39, 0.29) is 17.0 Å². The number of hydrogen-bond donors (Lipinski definition) is 6. The molecule has 0 heterocycles. The molecule has 0 amide bonds. The highest BCUT2D eigenvalue weighted by molar-refractivity contribution is 7.46. The topological polar surface area (TPSA) is 197 Å². The second-order valence-corrected chi connectivity index (χ2v) is 5.88. The number of benzene rings is 1. The van der Waals surface area contributed by atoms with Gasteiger partial charge in [0.25, 0.3) is 0 Å². The van der Waals surface area contributed by atoms with E-state index in [1.165, 1.54) is 0 Å². The van der Waals surface area contributed by atoms with Gasteiger partial charge in [-0.2, -0.15) is 0 Å². The molecule has 0 fully saturated rings. The van der Waals surface area contributed by atoms with Gasteiger partial charge in [-0.15, -0.1) is 0 Å². The van der Waals surface area contributed by atoms with Crippen LogP contribution in [0.15, 0.2) is 18.2 Å². The van der Waals surface area contributed by atoms with Crippen molar-refractivity contribution in [2.24, 2.45) is 0 Å². The first-order valence-corrected chi connectivity index (χ1v) is 7.85. The van der Waals surface area contributed by atoms with Crippen molar-refractivity contribution >= 4 is 25.3 Å². The molecule has 134 valence electrons. The molecule has 0 aliphatic heterocycles. The number of rotatable bonds is 8. The summed E-state index contributed by atoms with van der Waals surface area (Å²) in [5.41, 5.74) is 5.16. The van der Waals surface area contributed by atoms with Gasteiger partial charge in [-0.1, -0.05) is 0 Å². The second-order valence-electron chi connectivity index (χ2n) is 4.69. The molecule has 3 unspecified atom stereocenters. The maximum atomic E-state index is 11.1. The molecule has 12 heteroatoms. The normalized spacial score (nSPS) is 15.4. The lowest BCUT2D eigenvalue weighted by Crippen LogP contribution is -2.45. The predicted octanol–water partition coefficient (Wildman–Crippen LogP) is -0.908. The minimum Gasteiger partial charge on any atom is -0.478 e. The van der Waals surface area contributed by atoms with Crippen molar-refractivity contribution in [1.82, 2.24) is 0 Å². The Hall–Kier alpha value is -2.01. The fourth-order valence-corrected chi connectivity index (χ4v) is 2.01. The van der Waals surface area contributed by atoms with Gasteiger partial charge in [0.15, 0.2) is 5.78 Å². The zero-order valence-electron chi connectivity index (χ0n) is 12.3. The Labute approximate surface area is 135 Å². The summed E-state index contributed by atoms with van der Waals surface area (Å²) >= 11 is 0. The van der Waals surface area contributed by atoms with Crippen LogP contribution in [0.5, 0.6) is 5.75 Å². The van der Waals surface area contributed by atoms with Crippen molar-refractivity contribution in [1.29, 1.82) is 0 Å². The Morgan fingerprint density at radius 3 is 2.29 bits per heavy atom. The first-order chi connectivity index (χ1) is 10.9. The summed E-state index contributed by atoms with van der Waals surface area (Å²) in [4.78, 5) is 39.7. The number of aliphatic hydroxyl groups excluding tert-OH is 2. The molecule has 7 N–H and O–H groups in total. The molecule has 1 rings (SSSR count). The third-order valence-corrected chi connectivity index (χ3v) is 3.25. The van der Waals surface area contributed by atoms with Gasteiger partial charge < -0.3 is 35.6 Å². The van der Waals surface area contributed by atoms with Crippen LogP contribution in [-0.2, 0) is 13.9 Å². The third kappa shape index (κ3) is 5.57. The average molecular weight is 365 g/mol. The van der Waals surface area contributed by atoms with Gasteiger partial charge in [0.05, 0.1) is 11.3 Å². The SMILES string of the molecule is CC(=O)C(O)C(O)C(Oc1cc(C(=O)O)ccc1N)OP(=O)(O)O. The summed E-state index contributed by atoms with van der Waals surface area (Å²) in [6.45, 7) is 0.918. The van der Waals surface area contributed by atoms with Crippen LogP contribution in [0.2, 0.25) is 0 Å². The molecular formula is C12H16NO10P. The van der Waals surface area contributed by atoms with E-state index in [0.29, 0.717) is 0 Å². The number of carboxylic acids is 1. The van der Waals surface area contributed by atoms with E-state index >= 15 is 0 Å². The molecule has 0 aromatic heterocycles. The maximum absolute atomic E-state index is 11.1. The van der Waals surface area contributed by atoms with E-state index in [1.54, 1.807) is 0 Å². The van der Waals surface area contributed by atoms with Crippen LogP contribution < -0.4 is 10.5 Å².